The van der Waals surface area contributed by atoms with Crippen LogP contribution in [0.15, 0.2) is 152 Å². The van der Waals surface area contributed by atoms with Gasteiger partial charge in [-0.2, -0.15) is 0 Å². The smallest absolute Gasteiger partial charge is 0.0878 e. The summed E-state index contributed by atoms with van der Waals surface area (Å²) in [6.07, 6.45) is -0.170. The van der Waals surface area contributed by atoms with Crippen molar-refractivity contribution in [3.8, 4) is 11.1 Å². The lowest BCUT2D eigenvalue weighted by atomic mass is 9.99. The van der Waals surface area contributed by atoms with E-state index in [1.807, 2.05) is 34.0 Å². The Kier molecular flexibility index (Phi) is 6.90. The molecule has 3 atom stereocenters. The molecule has 1 aliphatic rings. The molecule has 244 valence electrons. The van der Waals surface area contributed by atoms with Gasteiger partial charge in [-0.15, -0.1) is 34.0 Å². The Bertz CT molecular complexity index is 2940. The molecular weight excluding hydrogens is 679 g/mol. The molecule has 6 heteroatoms. The highest BCUT2D eigenvalue weighted by atomic mass is 32.1. The number of thiophene rings is 3. The second-order valence-corrected chi connectivity index (χ2v) is 16.5. The van der Waals surface area contributed by atoms with Crippen LogP contribution >= 0.6 is 34.0 Å². The van der Waals surface area contributed by atoms with Crippen molar-refractivity contribution in [2.45, 2.75) is 18.5 Å². The number of hydrogen-bond donors (Lipinski definition) is 3. The molecule has 51 heavy (non-hydrogen) atoms. The van der Waals surface area contributed by atoms with Gasteiger partial charge in [-0.3, -0.25) is 16.0 Å². The normalized spacial score (nSPS) is 18.2. The number of fused-ring (bicyclic) bond motifs is 9. The quantitative estimate of drug-likeness (QED) is 0.170. The van der Waals surface area contributed by atoms with Crippen LogP contribution < -0.4 is 16.0 Å². The van der Waals surface area contributed by atoms with Crippen molar-refractivity contribution < 1.29 is 0 Å². The zero-order valence-electron chi connectivity index (χ0n) is 27.4. The van der Waals surface area contributed by atoms with Crippen molar-refractivity contribution in [2.75, 3.05) is 0 Å². The summed E-state index contributed by atoms with van der Waals surface area (Å²) in [5.74, 6) is 0. The summed E-state index contributed by atoms with van der Waals surface area (Å²) in [5, 5.41) is 19.8. The van der Waals surface area contributed by atoms with Crippen LogP contribution in [0.25, 0.3) is 71.6 Å². The molecule has 0 aliphatic carbocycles. The maximum Gasteiger partial charge on any atom is 0.0878 e. The topological polar surface area (TPSA) is 36.1 Å². The molecule has 0 radical (unpaired) electrons. The third-order valence-corrected chi connectivity index (χ3v) is 14.1. The molecule has 3 aromatic heterocycles. The highest BCUT2D eigenvalue weighted by Gasteiger charge is 2.32. The molecule has 0 saturated carbocycles. The third kappa shape index (κ3) is 4.80. The lowest BCUT2D eigenvalue weighted by Gasteiger charge is -2.40. The molecule has 10 aromatic rings. The van der Waals surface area contributed by atoms with Crippen LogP contribution in [0.4, 0.5) is 0 Å². The van der Waals surface area contributed by atoms with Crippen LogP contribution in [-0.4, -0.2) is 0 Å². The molecule has 0 spiro atoms. The fraction of sp³-hybridized carbons (Fsp3) is 0.0667. The average Bonchev–Trinajstić information content (AvgIpc) is 3.89. The molecule has 1 saturated heterocycles. The van der Waals surface area contributed by atoms with Gasteiger partial charge in [0.15, 0.2) is 0 Å². The van der Waals surface area contributed by atoms with E-state index >= 15 is 0 Å². The van der Waals surface area contributed by atoms with E-state index in [0.29, 0.717) is 0 Å². The Balaban J connectivity index is 1.04. The first-order valence-corrected chi connectivity index (χ1v) is 19.8. The minimum atomic E-state index is -0.0744. The largest absolute Gasteiger partial charge is 0.279 e. The van der Waals surface area contributed by atoms with Gasteiger partial charge in [-0.25, -0.2) is 0 Å². The van der Waals surface area contributed by atoms with Gasteiger partial charge in [0, 0.05) is 71.6 Å². The monoisotopic (exact) mass is 709 g/mol. The second-order valence-electron chi connectivity index (χ2n) is 13.3. The van der Waals surface area contributed by atoms with E-state index in [2.05, 4.69) is 168 Å². The molecule has 0 amide bonds. The van der Waals surface area contributed by atoms with E-state index < -0.39 is 0 Å². The van der Waals surface area contributed by atoms with Gasteiger partial charge in [0.05, 0.1) is 18.5 Å². The van der Waals surface area contributed by atoms with Crippen LogP contribution in [0.5, 0.6) is 0 Å². The van der Waals surface area contributed by atoms with Gasteiger partial charge < -0.3 is 0 Å². The van der Waals surface area contributed by atoms with Gasteiger partial charge in [-0.05, 0) is 41.0 Å². The summed E-state index contributed by atoms with van der Waals surface area (Å²) in [6.45, 7) is 0. The summed E-state index contributed by atoms with van der Waals surface area (Å²) < 4.78 is 7.98. The van der Waals surface area contributed by atoms with Gasteiger partial charge >= 0.3 is 0 Å². The van der Waals surface area contributed by atoms with Crippen molar-refractivity contribution in [3.05, 3.63) is 168 Å². The summed E-state index contributed by atoms with van der Waals surface area (Å²) in [7, 11) is 0. The van der Waals surface area contributed by atoms with E-state index in [-0.39, 0.29) is 18.5 Å². The SMILES string of the molecule is c1ccc(C2NC(c3cccc4c3sc3ccccc34)NC(c3cccc4c3sc3ccc(-c5cccc6c5sc5ccccc56)cc34)N2)cc1. The molecule has 1 fully saturated rings. The number of nitrogens with one attached hydrogen (secondary N) is 3. The zero-order valence-corrected chi connectivity index (χ0v) is 29.8. The minimum absolute atomic E-state index is 0.0369. The van der Waals surface area contributed by atoms with Crippen LogP contribution in [0.3, 0.4) is 0 Å². The molecule has 4 heterocycles. The van der Waals surface area contributed by atoms with Crippen molar-refractivity contribution in [1.29, 1.82) is 0 Å². The van der Waals surface area contributed by atoms with Gasteiger partial charge in [-0.1, -0.05) is 127 Å². The van der Waals surface area contributed by atoms with Crippen molar-refractivity contribution in [2.24, 2.45) is 0 Å². The fourth-order valence-corrected chi connectivity index (χ4v) is 11.7. The van der Waals surface area contributed by atoms with E-state index in [1.165, 1.54) is 88.3 Å². The molecule has 3 nitrogen and oxygen atoms in total. The lowest BCUT2D eigenvalue weighted by molar-refractivity contribution is 0.205. The second kappa shape index (κ2) is 11.8. The number of rotatable bonds is 4. The van der Waals surface area contributed by atoms with E-state index in [1.54, 1.807) is 0 Å². The number of hydrogen-bond acceptors (Lipinski definition) is 6. The van der Waals surface area contributed by atoms with Crippen LogP contribution in [0, 0.1) is 0 Å². The maximum absolute atomic E-state index is 4.02. The maximum atomic E-state index is 4.02. The Morgan fingerprint density at radius 1 is 0.353 bits per heavy atom. The van der Waals surface area contributed by atoms with Crippen LogP contribution in [0.2, 0.25) is 0 Å². The highest BCUT2D eigenvalue weighted by molar-refractivity contribution is 7.27. The average molecular weight is 710 g/mol. The van der Waals surface area contributed by atoms with Gasteiger partial charge in [0.25, 0.3) is 0 Å². The molecule has 11 rings (SSSR count). The summed E-state index contributed by atoms with van der Waals surface area (Å²) in [5.41, 5.74) is 6.35. The summed E-state index contributed by atoms with van der Waals surface area (Å²) >= 11 is 5.68. The molecule has 1 aliphatic heterocycles. The predicted molar refractivity (Wildman–Crippen MR) is 221 cm³/mol. The number of benzene rings is 7. The Labute approximate surface area is 306 Å². The summed E-state index contributed by atoms with van der Waals surface area (Å²) in [6, 6.07) is 55.7. The minimum Gasteiger partial charge on any atom is -0.279 e. The van der Waals surface area contributed by atoms with Crippen LogP contribution in [-0.2, 0) is 0 Å². The Morgan fingerprint density at radius 3 is 1.51 bits per heavy atom. The molecular formula is C45H31N3S3. The first-order valence-electron chi connectivity index (χ1n) is 17.4. The van der Waals surface area contributed by atoms with E-state index in [4.69, 9.17) is 0 Å². The predicted octanol–water partition coefficient (Wildman–Crippen LogP) is 12.6. The highest BCUT2D eigenvalue weighted by Crippen LogP contribution is 2.45. The van der Waals surface area contributed by atoms with Gasteiger partial charge in [0.1, 0.15) is 0 Å². The van der Waals surface area contributed by atoms with Crippen molar-refractivity contribution in [1.82, 2.24) is 16.0 Å². The molecule has 3 unspecified atom stereocenters. The van der Waals surface area contributed by atoms with Crippen molar-refractivity contribution in [3.63, 3.8) is 0 Å². The lowest BCUT2D eigenvalue weighted by Crippen LogP contribution is -2.54. The Morgan fingerprint density at radius 2 is 0.843 bits per heavy atom. The first-order chi connectivity index (χ1) is 25.3. The third-order valence-electron chi connectivity index (χ3n) is 10.4. The first kappa shape index (κ1) is 29.8. The summed E-state index contributed by atoms with van der Waals surface area (Å²) in [4.78, 5) is 0. The van der Waals surface area contributed by atoms with E-state index in [9.17, 15) is 0 Å². The Hall–Kier alpha value is -4.92. The molecule has 0 bridgehead atoms. The fourth-order valence-electron chi connectivity index (χ4n) is 8.03. The standard InChI is InChI=1S/C45H31N3S3/c1-2-11-26(12-3-1)43-46-44(34-19-9-17-32-30-14-5-7-22-38(30)50-41(32)34)48-45(47-43)35-20-10-18-33-36-25-27(23-24-39(36)51-42(33)35)28-15-8-16-31-29-13-4-6-21-37(29)49-40(28)31/h1-25,43-48H. The van der Waals surface area contributed by atoms with Gasteiger partial charge in [0.2, 0.25) is 0 Å². The molecule has 7 aromatic carbocycles. The van der Waals surface area contributed by atoms with E-state index in [0.717, 1.165) is 0 Å². The van der Waals surface area contributed by atoms with Crippen molar-refractivity contribution >= 4 is 94.5 Å². The molecule has 3 N–H and O–H groups in total. The van der Waals surface area contributed by atoms with Crippen LogP contribution in [0.1, 0.15) is 35.2 Å². The zero-order chi connectivity index (χ0) is 33.5.